The average Bonchev–Trinajstić information content (AvgIpc) is 3.22. The van der Waals surface area contributed by atoms with Crippen LogP contribution in [0.2, 0.25) is 0 Å². The van der Waals surface area contributed by atoms with Crippen LogP contribution in [0, 0.1) is 0 Å². The fourth-order valence-electron chi connectivity index (χ4n) is 3.78. The number of benzene rings is 1. The van der Waals surface area contributed by atoms with Crippen LogP contribution in [0.25, 0.3) is 5.65 Å². The number of fused-ring (bicyclic) bond motifs is 3. The monoisotopic (exact) mass is 496 g/mol. The highest BCUT2D eigenvalue weighted by molar-refractivity contribution is 5.97. The van der Waals surface area contributed by atoms with Crippen molar-refractivity contribution >= 4 is 46.2 Å². The van der Waals surface area contributed by atoms with Crippen molar-refractivity contribution in [3.05, 3.63) is 35.7 Å². The molecule has 2 amide bonds. The van der Waals surface area contributed by atoms with Gasteiger partial charge in [0, 0.05) is 26.2 Å². The number of carbonyl (C=O) groups excluding carboxylic acids is 2. The first-order valence-corrected chi connectivity index (χ1v) is 11.6. The molecule has 0 spiro atoms. The van der Waals surface area contributed by atoms with Crippen LogP contribution in [0.5, 0.6) is 0 Å². The number of nitrogen functional groups attached to an aromatic ring is 1. The lowest BCUT2D eigenvalue weighted by atomic mass is 10.1. The third-order valence-electron chi connectivity index (χ3n) is 5.50. The molecule has 0 saturated heterocycles. The van der Waals surface area contributed by atoms with Crippen LogP contribution in [0.3, 0.4) is 0 Å². The van der Waals surface area contributed by atoms with Crippen LogP contribution in [-0.4, -0.2) is 58.9 Å². The van der Waals surface area contributed by atoms with Gasteiger partial charge < -0.3 is 31.2 Å². The van der Waals surface area contributed by atoms with Gasteiger partial charge in [-0.05, 0) is 45.4 Å². The number of rotatable bonds is 2. The molecule has 1 aliphatic rings. The number of aromatic nitrogens is 3. The minimum Gasteiger partial charge on any atom is -0.443 e. The van der Waals surface area contributed by atoms with Crippen LogP contribution < -0.4 is 26.6 Å². The summed E-state index contributed by atoms with van der Waals surface area (Å²) in [7, 11) is 3.36. The van der Waals surface area contributed by atoms with E-state index in [1.54, 1.807) is 40.9 Å². The summed E-state index contributed by atoms with van der Waals surface area (Å²) in [5.74, 6) is -0.0291. The van der Waals surface area contributed by atoms with E-state index in [2.05, 4.69) is 26.0 Å². The minimum absolute atomic E-state index is 0.203. The minimum atomic E-state index is -0.694. The number of nitrogens with zero attached hydrogens (tertiary/aromatic N) is 4. The van der Waals surface area contributed by atoms with Crippen molar-refractivity contribution < 1.29 is 19.1 Å². The molecule has 4 rings (SSSR count). The third-order valence-corrected chi connectivity index (χ3v) is 5.50. The zero-order chi connectivity index (χ0) is 26.2. The molecule has 2 aromatic heterocycles. The molecule has 1 aliphatic heterocycles. The molecule has 36 heavy (non-hydrogen) atoms. The zero-order valence-electron chi connectivity index (χ0n) is 21.3. The van der Waals surface area contributed by atoms with E-state index in [1.165, 1.54) is 15.6 Å². The standard InChI is InChI=1S/C24H32N8O4/c1-13-11-35-12-14-7-15(26-5)20(25)16(8-14)29-19-9-17(31(6)23(34)36-24(2,3)4)21-27-10-18(22(33)28-13)32(21)30-19/h7-10,13,26H,11-12,25H2,1-6H3,(H,28,33)(H,29,30). The fraction of sp³-hybridized carbons (Fsp3) is 0.417. The van der Waals surface area contributed by atoms with Gasteiger partial charge in [0.2, 0.25) is 0 Å². The molecule has 4 bridgehead atoms. The van der Waals surface area contributed by atoms with Crippen LogP contribution in [0.15, 0.2) is 24.4 Å². The third kappa shape index (κ3) is 5.13. The second kappa shape index (κ2) is 9.53. The Balaban J connectivity index is 1.89. The first-order valence-electron chi connectivity index (χ1n) is 11.6. The Morgan fingerprint density at radius 1 is 1.33 bits per heavy atom. The van der Waals surface area contributed by atoms with Crippen molar-refractivity contribution in [1.29, 1.82) is 0 Å². The number of anilines is 5. The molecule has 1 aromatic carbocycles. The molecule has 1 unspecified atom stereocenters. The fourth-order valence-corrected chi connectivity index (χ4v) is 3.78. The van der Waals surface area contributed by atoms with Crippen molar-refractivity contribution in [2.24, 2.45) is 0 Å². The lowest BCUT2D eigenvalue weighted by Crippen LogP contribution is -2.37. The number of amides is 2. The van der Waals surface area contributed by atoms with E-state index in [0.29, 0.717) is 41.7 Å². The number of imidazole rings is 1. The predicted molar refractivity (Wildman–Crippen MR) is 138 cm³/mol. The second-order valence-electron chi connectivity index (χ2n) is 9.70. The van der Waals surface area contributed by atoms with Gasteiger partial charge in [0.25, 0.3) is 5.91 Å². The Labute approximate surface area is 209 Å². The van der Waals surface area contributed by atoms with Crippen LogP contribution in [0.1, 0.15) is 43.7 Å². The summed E-state index contributed by atoms with van der Waals surface area (Å²) >= 11 is 0. The average molecular weight is 497 g/mol. The Morgan fingerprint density at radius 3 is 2.78 bits per heavy atom. The quantitative estimate of drug-likeness (QED) is 0.393. The molecule has 12 heteroatoms. The summed E-state index contributed by atoms with van der Waals surface area (Å²) in [6, 6.07) is 5.17. The molecule has 3 heterocycles. The van der Waals surface area contributed by atoms with E-state index in [4.69, 9.17) is 15.2 Å². The highest BCUT2D eigenvalue weighted by Gasteiger charge is 2.26. The van der Waals surface area contributed by atoms with Crippen molar-refractivity contribution in [2.45, 2.75) is 45.9 Å². The Hall–Kier alpha value is -4.06. The number of hydrogen-bond acceptors (Lipinski definition) is 9. The first-order chi connectivity index (χ1) is 17.0. The zero-order valence-corrected chi connectivity index (χ0v) is 21.3. The molecular weight excluding hydrogens is 464 g/mol. The summed E-state index contributed by atoms with van der Waals surface area (Å²) in [5.41, 5.74) is 9.29. The maximum Gasteiger partial charge on any atom is 0.414 e. The predicted octanol–water partition coefficient (Wildman–Crippen LogP) is 3.12. The topological polar surface area (TPSA) is 148 Å². The van der Waals surface area contributed by atoms with Gasteiger partial charge in [0.1, 0.15) is 5.60 Å². The van der Waals surface area contributed by atoms with E-state index in [1.807, 2.05) is 19.1 Å². The molecule has 0 saturated carbocycles. The maximum atomic E-state index is 13.1. The van der Waals surface area contributed by atoms with Crippen molar-refractivity contribution in [3.8, 4) is 0 Å². The Bertz CT molecular complexity index is 1310. The summed E-state index contributed by atoms with van der Waals surface area (Å²) in [5, 5.41) is 13.8. The van der Waals surface area contributed by atoms with Gasteiger partial charge in [-0.25, -0.2) is 14.3 Å². The summed E-state index contributed by atoms with van der Waals surface area (Å²) in [4.78, 5) is 31.7. The molecule has 0 fully saturated rings. The van der Waals surface area contributed by atoms with Crippen molar-refractivity contribution in [3.63, 3.8) is 0 Å². The molecule has 0 radical (unpaired) electrons. The lowest BCUT2D eigenvalue weighted by Gasteiger charge is -2.25. The largest absolute Gasteiger partial charge is 0.443 e. The smallest absolute Gasteiger partial charge is 0.414 e. The highest BCUT2D eigenvalue weighted by Crippen LogP contribution is 2.33. The number of nitrogens with two attached hydrogens (primary N) is 1. The molecule has 192 valence electrons. The lowest BCUT2D eigenvalue weighted by molar-refractivity contribution is 0.0589. The Morgan fingerprint density at radius 2 is 2.08 bits per heavy atom. The molecule has 3 aromatic rings. The van der Waals surface area contributed by atoms with Crippen molar-refractivity contribution in [1.82, 2.24) is 19.9 Å². The molecule has 0 aliphatic carbocycles. The van der Waals surface area contributed by atoms with Gasteiger partial charge in [-0.3, -0.25) is 9.69 Å². The summed E-state index contributed by atoms with van der Waals surface area (Å²) < 4.78 is 12.8. The van der Waals surface area contributed by atoms with Gasteiger partial charge in [0.05, 0.1) is 42.2 Å². The maximum absolute atomic E-state index is 13.1. The van der Waals surface area contributed by atoms with Crippen molar-refractivity contribution in [2.75, 3.05) is 42.0 Å². The van der Waals surface area contributed by atoms with Gasteiger partial charge in [0.15, 0.2) is 17.2 Å². The van der Waals surface area contributed by atoms with E-state index >= 15 is 0 Å². The number of ether oxygens (including phenoxy) is 2. The molecule has 5 N–H and O–H groups in total. The molecule has 1 atom stereocenters. The summed E-state index contributed by atoms with van der Waals surface area (Å²) in [6.45, 7) is 7.83. The number of nitrogens with one attached hydrogen (secondary N) is 3. The first kappa shape index (κ1) is 25.0. The summed E-state index contributed by atoms with van der Waals surface area (Å²) in [6.07, 6.45) is 0.844. The van der Waals surface area contributed by atoms with E-state index in [-0.39, 0.29) is 17.6 Å². The normalized spacial score (nSPS) is 16.2. The second-order valence-corrected chi connectivity index (χ2v) is 9.70. The number of carbonyl (C=O) groups is 2. The van der Waals surface area contributed by atoms with Crippen LogP contribution >= 0.6 is 0 Å². The van der Waals surface area contributed by atoms with E-state index in [9.17, 15) is 9.59 Å². The van der Waals surface area contributed by atoms with E-state index < -0.39 is 11.7 Å². The molecule has 12 nitrogen and oxygen atoms in total. The van der Waals surface area contributed by atoms with Crippen LogP contribution in [0.4, 0.5) is 33.4 Å². The van der Waals surface area contributed by atoms with Gasteiger partial charge >= 0.3 is 6.09 Å². The van der Waals surface area contributed by atoms with Gasteiger partial charge in [-0.1, -0.05) is 0 Å². The SMILES string of the molecule is CNc1cc2cc(c1N)Nc1cc(N(C)C(=O)OC(C)(C)C)c3ncc(n3n1)C(=O)NC(C)COC2. The van der Waals surface area contributed by atoms with Crippen LogP contribution in [-0.2, 0) is 16.1 Å². The number of hydrogen-bond donors (Lipinski definition) is 4. The van der Waals surface area contributed by atoms with Gasteiger partial charge in [-0.2, -0.15) is 0 Å². The molecular formula is C24H32N8O4. The Kier molecular flexibility index (Phi) is 6.63. The van der Waals surface area contributed by atoms with Gasteiger partial charge in [-0.15, -0.1) is 5.10 Å². The van der Waals surface area contributed by atoms with E-state index in [0.717, 1.165) is 11.3 Å². The highest BCUT2D eigenvalue weighted by atomic mass is 16.6.